The minimum Gasteiger partial charge on any atom is -0.485 e. The number of hydrogen-bond donors (Lipinski definition) is 0. The molecule has 3 aromatic heterocycles. The van der Waals surface area contributed by atoms with Crippen molar-refractivity contribution >= 4 is 23.2 Å². The van der Waals surface area contributed by atoms with Gasteiger partial charge in [-0.1, -0.05) is 23.2 Å². The molecule has 0 unspecified atom stereocenters. The van der Waals surface area contributed by atoms with Crippen LogP contribution in [0.15, 0.2) is 41.5 Å². The van der Waals surface area contributed by atoms with Gasteiger partial charge in [0.15, 0.2) is 0 Å². The summed E-state index contributed by atoms with van der Waals surface area (Å²) in [5, 5.41) is 0.209. The van der Waals surface area contributed by atoms with E-state index in [0.717, 1.165) is 11.8 Å². The average molecular weight is 394 g/mol. The third-order valence-corrected chi connectivity index (χ3v) is 4.30. The molecule has 0 bridgehead atoms. The highest BCUT2D eigenvalue weighted by Gasteiger charge is 2.16. The molecule has 0 aromatic carbocycles. The Bertz CT molecular complexity index is 1020. The fourth-order valence-corrected chi connectivity index (χ4v) is 2.80. The average Bonchev–Trinajstić information content (AvgIpc) is 2.61. The largest absolute Gasteiger partial charge is 0.485 e. The van der Waals surface area contributed by atoms with Crippen molar-refractivity contribution < 1.29 is 9.13 Å². The molecule has 0 radical (unpaired) electrons. The minimum absolute atomic E-state index is 0.0585. The fraction of sp³-hybridized carbons (Fsp3) is 0.167. The van der Waals surface area contributed by atoms with E-state index in [9.17, 15) is 9.18 Å². The molecule has 0 amide bonds. The molecule has 3 heterocycles. The number of pyridine rings is 3. The van der Waals surface area contributed by atoms with E-state index < -0.39 is 11.4 Å². The molecule has 3 aromatic rings. The van der Waals surface area contributed by atoms with Gasteiger partial charge in [-0.2, -0.15) is 0 Å². The summed E-state index contributed by atoms with van der Waals surface area (Å²) in [6.45, 7) is 3.64. The van der Waals surface area contributed by atoms with Gasteiger partial charge in [0.2, 0.25) is 0 Å². The Balaban J connectivity index is 1.96. The van der Waals surface area contributed by atoms with Crippen LogP contribution in [-0.2, 0) is 6.61 Å². The first kappa shape index (κ1) is 18.4. The van der Waals surface area contributed by atoms with Crippen LogP contribution in [0.4, 0.5) is 4.39 Å². The summed E-state index contributed by atoms with van der Waals surface area (Å²) in [5.74, 6) is -0.203. The zero-order valence-corrected chi connectivity index (χ0v) is 15.5. The van der Waals surface area contributed by atoms with Gasteiger partial charge in [-0.15, -0.1) is 0 Å². The summed E-state index contributed by atoms with van der Waals surface area (Å²) >= 11 is 12.2. The van der Waals surface area contributed by atoms with Gasteiger partial charge < -0.3 is 4.74 Å². The molecule has 8 heteroatoms. The van der Waals surface area contributed by atoms with Crippen LogP contribution in [0.3, 0.4) is 0 Å². The Kier molecular flexibility index (Phi) is 5.25. The smallest absolute Gasteiger partial charge is 0.277 e. The van der Waals surface area contributed by atoms with Crippen molar-refractivity contribution in [2.45, 2.75) is 20.5 Å². The van der Waals surface area contributed by atoms with E-state index in [-0.39, 0.29) is 22.5 Å². The molecule has 0 N–H and O–H groups in total. The second-order valence-corrected chi connectivity index (χ2v) is 6.42. The molecule has 134 valence electrons. The lowest BCUT2D eigenvalue weighted by molar-refractivity contribution is 0.300. The predicted molar refractivity (Wildman–Crippen MR) is 97.9 cm³/mol. The van der Waals surface area contributed by atoms with Crippen molar-refractivity contribution in [3.8, 4) is 11.4 Å². The van der Waals surface area contributed by atoms with Crippen LogP contribution in [0.1, 0.15) is 17.0 Å². The second-order valence-electron chi connectivity index (χ2n) is 5.65. The van der Waals surface area contributed by atoms with Gasteiger partial charge in [-0.05, 0) is 37.6 Å². The summed E-state index contributed by atoms with van der Waals surface area (Å²) < 4.78 is 20.0. The topological polar surface area (TPSA) is 57.0 Å². The van der Waals surface area contributed by atoms with Crippen LogP contribution >= 0.6 is 23.2 Å². The van der Waals surface area contributed by atoms with Gasteiger partial charge in [0, 0.05) is 18.0 Å². The van der Waals surface area contributed by atoms with E-state index in [1.54, 1.807) is 25.3 Å². The molecule has 26 heavy (non-hydrogen) atoms. The molecule has 0 fully saturated rings. The zero-order chi connectivity index (χ0) is 18.8. The first-order chi connectivity index (χ1) is 12.4. The number of ether oxygens (including phenoxy) is 1. The van der Waals surface area contributed by atoms with E-state index >= 15 is 0 Å². The maximum Gasteiger partial charge on any atom is 0.277 e. The highest BCUT2D eigenvalue weighted by atomic mass is 35.5. The monoisotopic (exact) mass is 393 g/mol. The lowest BCUT2D eigenvalue weighted by Crippen LogP contribution is -2.22. The summed E-state index contributed by atoms with van der Waals surface area (Å²) in [6.07, 6.45) is 2.68. The van der Waals surface area contributed by atoms with Crippen LogP contribution < -0.4 is 10.3 Å². The normalized spacial score (nSPS) is 10.8. The molecule has 0 aliphatic carbocycles. The van der Waals surface area contributed by atoms with Gasteiger partial charge in [-0.3, -0.25) is 14.3 Å². The maximum atomic E-state index is 12.9. The quantitative estimate of drug-likeness (QED) is 0.621. The van der Waals surface area contributed by atoms with Crippen molar-refractivity contribution in [3.05, 3.63) is 80.0 Å². The Labute approximate surface area is 159 Å². The maximum absolute atomic E-state index is 12.9. The van der Waals surface area contributed by atoms with E-state index in [0.29, 0.717) is 17.1 Å². The van der Waals surface area contributed by atoms with Gasteiger partial charge in [0.05, 0.1) is 17.6 Å². The van der Waals surface area contributed by atoms with Crippen LogP contribution in [0.5, 0.6) is 5.75 Å². The molecule has 0 atom stereocenters. The van der Waals surface area contributed by atoms with Crippen LogP contribution in [-0.4, -0.2) is 14.5 Å². The van der Waals surface area contributed by atoms with Crippen molar-refractivity contribution in [3.63, 3.8) is 0 Å². The van der Waals surface area contributed by atoms with E-state index in [1.807, 2.05) is 6.92 Å². The van der Waals surface area contributed by atoms with E-state index in [4.69, 9.17) is 27.9 Å². The SMILES string of the molecule is Cc1cnc(Cl)cc1-n1c(C)cc(OCc2ccc(F)cn2)c(Cl)c1=O. The number of rotatable bonds is 4. The summed E-state index contributed by atoms with van der Waals surface area (Å²) in [7, 11) is 0. The Hall–Kier alpha value is -2.44. The van der Waals surface area contributed by atoms with Gasteiger partial charge in [-0.25, -0.2) is 9.37 Å². The van der Waals surface area contributed by atoms with Gasteiger partial charge in [0.25, 0.3) is 5.56 Å². The van der Waals surface area contributed by atoms with Crippen LogP contribution in [0.25, 0.3) is 5.69 Å². The molecular formula is C18H14Cl2FN3O2. The molecule has 0 aliphatic rings. The molecule has 0 saturated carbocycles. The molecule has 5 nitrogen and oxygen atoms in total. The fourth-order valence-electron chi connectivity index (χ4n) is 2.46. The van der Waals surface area contributed by atoms with Crippen LogP contribution in [0.2, 0.25) is 10.2 Å². The van der Waals surface area contributed by atoms with Crippen molar-refractivity contribution in [1.29, 1.82) is 0 Å². The summed E-state index contributed by atoms with van der Waals surface area (Å²) in [4.78, 5) is 20.7. The van der Waals surface area contributed by atoms with Crippen molar-refractivity contribution in [2.24, 2.45) is 0 Å². The molecule has 0 spiro atoms. The Morgan fingerprint density at radius 2 is 1.92 bits per heavy atom. The minimum atomic E-state index is -0.434. The Morgan fingerprint density at radius 3 is 2.62 bits per heavy atom. The lowest BCUT2D eigenvalue weighted by Gasteiger charge is -2.16. The molecule has 0 saturated heterocycles. The molecular weight excluding hydrogens is 380 g/mol. The van der Waals surface area contributed by atoms with Crippen LogP contribution in [0, 0.1) is 19.7 Å². The second kappa shape index (κ2) is 7.43. The standard InChI is InChI=1S/C18H14Cl2FN3O2/c1-10-7-23-16(19)6-14(10)24-11(2)5-15(17(20)18(24)25)26-9-13-4-3-12(21)8-22-13/h3-8H,9H2,1-2H3. The number of aromatic nitrogens is 3. The first-order valence-electron chi connectivity index (χ1n) is 7.64. The number of nitrogens with zero attached hydrogens (tertiary/aromatic N) is 3. The third kappa shape index (κ3) is 3.71. The first-order valence-corrected chi connectivity index (χ1v) is 8.40. The highest BCUT2D eigenvalue weighted by molar-refractivity contribution is 6.32. The van der Waals surface area contributed by atoms with Gasteiger partial charge >= 0.3 is 0 Å². The molecule has 0 aliphatic heterocycles. The zero-order valence-electron chi connectivity index (χ0n) is 14.0. The van der Waals surface area contributed by atoms with E-state index in [1.165, 1.54) is 16.7 Å². The van der Waals surface area contributed by atoms with E-state index in [2.05, 4.69) is 9.97 Å². The lowest BCUT2D eigenvalue weighted by atomic mass is 10.2. The van der Waals surface area contributed by atoms with Crippen molar-refractivity contribution in [2.75, 3.05) is 0 Å². The summed E-state index contributed by atoms with van der Waals surface area (Å²) in [5.41, 5.74) is 2.08. The highest BCUT2D eigenvalue weighted by Crippen LogP contribution is 2.25. The van der Waals surface area contributed by atoms with Gasteiger partial charge in [0.1, 0.15) is 28.3 Å². The molecule has 3 rings (SSSR count). The number of hydrogen-bond acceptors (Lipinski definition) is 4. The number of aryl methyl sites for hydroxylation is 2. The van der Waals surface area contributed by atoms with Crippen molar-refractivity contribution in [1.82, 2.24) is 14.5 Å². The Morgan fingerprint density at radius 1 is 1.15 bits per heavy atom. The third-order valence-electron chi connectivity index (χ3n) is 3.75. The predicted octanol–water partition coefficient (Wildman–Crippen LogP) is 4.27. The summed E-state index contributed by atoms with van der Waals surface area (Å²) in [6, 6.07) is 6.04. The number of halogens is 3.